The maximum Gasteiger partial charge on any atom is 0.311 e. The predicted molar refractivity (Wildman–Crippen MR) is 123 cm³/mol. The van der Waals surface area contributed by atoms with E-state index in [2.05, 4.69) is 15.6 Å². The second-order valence-electron chi connectivity index (χ2n) is 6.42. The monoisotopic (exact) mass is 473 g/mol. The van der Waals surface area contributed by atoms with E-state index in [1.165, 1.54) is 41.3 Å². The largest absolute Gasteiger partial charge is 0.466 e. The lowest BCUT2D eigenvalue weighted by Crippen LogP contribution is -2.14. The number of carbonyl (C=O) groups is 3. The fourth-order valence-electron chi connectivity index (χ4n) is 2.59. The minimum absolute atomic E-state index is 0.0322. The van der Waals surface area contributed by atoms with Crippen LogP contribution in [0, 0.1) is 5.82 Å². The van der Waals surface area contributed by atoms with E-state index in [0.717, 1.165) is 4.90 Å². The fourth-order valence-corrected chi connectivity index (χ4v) is 4.01. The van der Waals surface area contributed by atoms with Crippen molar-refractivity contribution in [2.24, 2.45) is 0 Å². The molecule has 0 atom stereocenters. The van der Waals surface area contributed by atoms with Gasteiger partial charge in [-0.05, 0) is 43.3 Å². The van der Waals surface area contributed by atoms with Crippen LogP contribution in [-0.4, -0.2) is 35.1 Å². The van der Waals surface area contributed by atoms with E-state index < -0.39 is 11.7 Å². The number of carbonyl (C=O) groups excluding carboxylic acids is 3. The Morgan fingerprint density at radius 3 is 2.56 bits per heavy atom. The molecule has 0 saturated carbocycles. The number of nitrogens with zero attached hydrogens (tertiary/aromatic N) is 1. The average molecular weight is 474 g/mol. The average Bonchev–Trinajstić information content (AvgIpc) is 3.20. The molecule has 3 aromatic rings. The van der Waals surface area contributed by atoms with Crippen molar-refractivity contribution in [1.29, 1.82) is 0 Å². The standard InChI is InChI=1S/C22H20FN3O4S2/c1-2-30-20(28)11-15-12-32-22(25-15)26-19(27)13-31-16-9-7-14(8-10-16)24-21(29)17-5-3-4-6-18(17)23/h3-10,12H,2,11,13H2,1H3,(H,24,29)(H,25,26,27). The van der Waals surface area contributed by atoms with E-state index in [-0.39, 0.29) is 29.6 Å². The highest BCUT2D eigenvalue weighted by Crippen LogP contribution is 2.22. The molecule has 1 aromatic heterocycles. The van der Waals surface area contributed by atoms with E-state index in [1.807, 2.05) is 0 Å². The third kappa shape index (κ3) is 6.89. The predicted octanol–water partition coefficient (Wildman–Crippen LogP) is 4.37. The Balaban J connectivity index is 1.46. The fraction of sp³-hybridized carbons (Fsp3) is 0.182. The summed E-state index contributed by atoms with van der Waals surface area (Å²) in [6.45, 7) is 2.04. The SMILES string of the molecule is CCOC(=O)Cc1csc(NC(=O)CSc2ccc(NC(=O)c3ccccc3F)cc2)n1. The smallest absolute Gasteiger partial charge is 0.311 e. The molecule has 2 N–H and O–H groups in total. The van der Waals surface area contributed by atoms with Crippen molar-refractivity contribution in [1.82, 2.24) is 4.98 Å². The summed E-state index contributed by atoms with van der Waals surface area (Å²) in [6.07, 6.45) is 0.0642. The van der Waals surface area contributed by atoms with Gasteiger partial charge >= 0.3 is 5.97 Å². The highest BCUT2D eigenvalue weighted by atomic mass is 32.2. The van der Waals surface area contributed by atoms with Gasteiger partial charge in [0, 0.05) is 16.0 Å². The van der Waals surface area contributed by atoms with Gasteiger partial charge in [-0.1, -0.05) is 12.1 Å². The van der Waals surface area contributed by atoms with Crippen molar-refractivity contribution in [3.05, 3.63) is 71.0 Å². The first-order valence-electron chi connectivity index (χ1n) is 9.63. The Labute approximate surface area is 192 Å². The van der Waals surface area contributed by atoms with Crippen molar-refractivity contribution in [2.45, 2.75) is 18.2 Å². The molecule has 32 heavy (non-hydrogen) atoms. The van der Waals surface area contributed by atoms with Crippen LogP contribution in [0.25, 0.3) is 0 Å². The second-order valence-corrected chi connectivity index (χ2v) is 8.33. The summed E-state index contributed by atoms with van der Waals surface area (Å²) < 4.78 is 18.6. The molecule has 2 aromatic carbocycles. The molecule has 0 bridgehead atoms. The van der Waals surface area contributed by atoms with Crippen molar-refractivity contribution < 1.29 is 23.5 Å². The van der Waals surface area contributed by atoms with E-state index in [4.69, 9.17) is 4.74 Å². The van der Waals surface area contributed by atoms with Gasteiger partial charge in [-0.25, -0.2) is 9.37 Å². The van der Waals surface area contributed by atoms with Crippen LogP contribution >= 0.6 is 23.1 Å². The number of halogens is 1. The molecule has 166 valence electrons. The third-order valence-electron chi connectivity index (χ3n) is 4.03. The normalized spacial score (nSPS) is 10.4. The van der Waals surface area contributed by atoms with Crippen molar-refractivity contribution >= 4 is 51.7 Å². The summed E-state index contributed by atoms with van der Waals surface area (Å²) >= 11 is 2.56. The molecule has 0 saturated heterocycles. The highest BCUT2D eigenvalue weighted by Gasteiger charge is 2.12. The number of hydrogen-bond acceptors (Lipinski definition) is 7. The summed E-state index contributed by atoms with van der Waals surface area (Å²) in [5.41, 5.74) is 1.03. The van der Waals surface area contributed by atoms with E-state index in [9.17, 15) is 18.8 Å². The number of amides is 2. The Kier molecular flexibility index (Phi) is 8.34. The lowest BCUT2D eigenvalue weighted by molar-refractivity contribution is -0.142. The first-order chi connectivity index (χ1) is 15.4. The minimum Gasteiger partial charge on any atom is -0.466 e. The molecule has 0 aliphatic rings. The van der Waals surface area contributed by atoms with Gasteiger partial charge in [0.15, 0.2) is 5.13 Å². The molecule has 3 rings (SSSR count). The molecule has 0 spiro atoms. The maximum absolute atomic E-state index is 13.7. The quantitative estimate of drug-likeness (QED) is 0.354. The zero-order valence-corrected chi connectivity index (χ0v) is 18.7. The van der Waals surface area contributed by atoms with Gasteiger partial charge in [0.25, 0.3) is 5.91 Å². The summed E-state index contributed by atoms with van der Waals surface area (Å²) in [7, 11) is 0. The molecule has 0 fully saturated rings. The van der Waals surface area contributed by atoms with Crippen LogP contribution < -0.4 is 10.6 Å². The first kappa shape index (κ1) is 23.4. The number of anilines is 2. The third-order valence-corrected chi connectivity index (χ3v) is 5.85. The molecule has 0 aliphatic heterocycles. The molecule has 1 heterocycles. The number of benzene rings is 2. The summed E-state index contributed by atoms with van der Waals surface area (Å²) in [5.74, 6) is -1.55. The summed E-state index contributed by atoms with van der Waals surface area (Å²) in [5, 5.41) is 7.46. The van der Waals surface area contributed by atoms with Gasteiger partial charge in [0.05, 0.1) is 30.0 Å². The topological polar surface area (TPSA) is 97.4 Å². The number of ether oxygens (including phenoxy) is 1. The van der Waals surface area contributed by atoms with Crippen molar-refractivity contribution in [3.8, 4) is 0 Å². The molecule has 0 radical (unpaired) electrons. The lowest BCUT2D eigenvalue weighted by atomic mass is 10.2. The maximum atomic E-state index is 13.7. The minimum atomic E-state index is -0.587. The van der Waals surface area contributed by atoms with E-state index in [0.29, 0.717) is 23.1 Å². The molecular weight excluding hydrogens is 453 g/mol. The van der Waals surface area contributed by atoms with Crippen LogP contribution in [0.4, 0.5) is 15.2 Å². The summed E-state index contributed by atoms with van der Waals surface area (Å²) in [4.78, 5) is 40.9. The van der Waals surface area contributed by atoms with Crippen LogP contribution in [0.3, 0.4) is 0 Å². The van der Waals surface area contributed by atoms with Gasteiger partial charge in [-0.15, -0.1) is 23.1 Å². The zero-order chi connectivity index (χ0) is 22.9. The Morgan fingerprint density at radius 1 is 1.09 bits per heavy atom. The summed E-state index contributed by atoms with van der Waals surface area (Å²) in [6, 6.07) is 12.6. The lowest BCUT2D eigenvalue weighted by Gasteiger charge is -2.07. The number of aromatic nitrogens is 1. The van der Waals surface area contributed by atoms with Crippen molar-refractivity contribution in [3.63, 3.8) is 0 Å². The number of rotatable bonds is 9. The Hall–Kier alpha value is -3.24. The van der Waals surface area contributed by atoms with E-state index >= 15 is 0 Å². The van der Waals surface area contributed by atoms with Crippen LogP contribution in [0.1, 0.15) is 23.0 Å². The van der Waals surface area contributed by atoms with Crippen molar-refractivity contribution in [2.75, 3.05) is 23.0 Å². The molecule has 7 nitrogen and oxygen atoms in total. The second kappa shape index (κ2) is 11.4. The molecule has 10 heteroatoms. The number of thioether (sulfide) groups is 1. The van der Waals surface area contributed by atoms with Crippen LogP contribution in [-0.2, 0) is 20.7 Å². The Bertz CT molecular complexity index is 1100. The number of nitrogens with one attached hydrogen (secondary N) is 2. The van der Waals surface area contributed by atoms with Gasteiger partial charge < -0.3 is 15.4 Å². The zero-order valence-electron chi connectivity index (χ0n) is 17.1. The first-order valence-corrected chi connectivity index (χ1v) is 11.5. The molecular formula is C22H20FN3O4S2. The van der Waals surface area contributed by atoms with Crippen LogP contribution in [0.15, 0.2) is 58.8 Å². The highest BCUT2D eigenvalue weighted by molar-refractivity contribution is 8.00. The van der Waals surface area contributed by atoms with Gasteiger partial charge in [0.1, 0.15) is 5.82 Å². The van der Waals surface area contributed by atoms with Crippen LogP contribution in [0.2, 0.25) is 0 Å². The number of thiazole rings is 1. The molecule has 2 amide bonds. The molecule has 0 aliphatic carbocycles. The van der Waals surface area contributed by atoms with Gasteiger partial charge in [-0.3, -0.25) is 14.4 Å². The van der Waals surface area contributed by atoms with E-state index in [1.54, 1.807) is 42.6 Å². The van der Waals surface area contributed by atoms with Gasteiger partial charge in [0.2, 0.25) is 5.91 Å². The molecule has 0 unspecified atom stereocenters. The van der Waals surface area contributed by atoms with Crippen LogP contribution in [0.5, 0.6) is 0 Å². The Morgan fingerprint density at radius 2 is 1.84 bits per heavy atom. The number of esters is 1. The van der Waals surface area contributed by atoms with Gasteiger partial charge in [-0.2, -0.15) is 0 Å². The number of hydrogen-bond donors (Lipinski definition) is 2.